The fraction of sp³-hybridized carbons (Fsp3) is 1.00. The van der Waals surface area contributed by atoms with Crippen LogP contribution in [0.15, 0.2) is 0 Å². The topological polar surface area (TPSA) is 46.2 Å². The summed E-state index contributed by atoms with van der Waals surface area (Å²) in [4.78, 5) is 0. The van der Waals surface area contributed by atoms with Gasteiger partial charge in [0.1, 0.15) is 6.79 Å². The summed E-state index contributed by atoms with van der Waals surface area (Å²) in [5, 5.41) is 0. The standard InChI is InChI=1S/C6H12.C5H10O.C5H10.C4H8O.C4H8.C3H6O2.C3H6O.C3H6/c2*1-2-4-6-5-3-1;2*1-2-4-5-3-1;1-2-4-3-1;1-2-5-3-4-1;1-2-4-3-1;1-2-3-1/h1-6H2;1-5H2;1-5H2;1-4H2;1-4H2;1-3H2;1-3H2;1-3H2. The molecule has 8 aliphatic rings. The van der Waals surface area contributed by atoms with Gasteiger partial charge in [0, 0.05) is 39.6 Å². The summed E-state index contributed by atoms with van der Waals surface area (Å²) >= 11 is 0. The first-order valence-electron chi connectivity index (χ1n) is 16.9. The normalized spacial score (nSPS) is 24.0. The second-order valence-corrected chi connectivity index (χ2v) is 11.3. The average Bonchev–Trinajstić information content (AvgIpc) is 3.42. The molecule has 4 saturated carbocycles. The van der Waals surface area contributed by atoms with Crippen LogP contribution < -0.4 is 0 Å². The van der Waals surface area contributed by atoms with Crippen molar-refractivity contribution >= 4 is 0 Å². The summed E-state index contributed by atoms with van der Waals surface area (Å²) in [7, 11) is 0. The third-order valence-electron chi connectivity index (χ3n) is 7.12. The summed E-state index contributed by atoms with van der Waals surface area (Å²) in [6.45, 7) is 8.06. The molecule has 0 aromatic rings. The lowest BCUT2D eigenvalue weighted by Crippen LogP contribution is -2.09. The van der Waals surface area contributed by atoms with Crippen LogP contribution in [0.4, 0.5) is 0 Å². The van der Waals surface area contributed by atoms with Gasteiger partial charge in [-0.1, -0.05) is 116 Å². The van der Waals surface area contributed by atoms with Crippen molar-refractivity contribution in [1.29, 1.82) is 0 Å². The highest BCUT2D eigenvalue weighted by atomic mass is 16.7. The summed E-state index contributed by atoms with van der Waals surface area (Å²) < 4.78 is 24.2. The first-order chi connectivity index (χ1) is 19.0. The molecule has 0 aromatic carbocycles. The summed E-state index contributed by atoms with van der Waals surface area (Å²) in [5.74, 6) is 0. The Bertz CT molecular complexity index is 290. The third kappa shape index (κ3) is 33.8. The monoisotopic (exact) mass is 542 g/mol. The van der Waals surface area contributed by atoms with Crippen molar-refractivity contribution < 1.29 is 23.7 Å². The van der Waals surface area contributed by atoms with E-state index in [0.29, 0.717) is 6.79 Å². The molecule has 0 spiro atoms. The van der Waals surface area contributed by atoms with Crippen molar-refractivity contribution in [2.75, 3.05) is 59.6 Å². The molecular weight excluding hydrogens is 476 g/mol. The van der Waals surface area contributed by atoms with Crippen LogP contribution in [0.5, 0.6) is 0 Å². The summed E-state index contributed by atoms with van der Waals surface area (Å²) in [6, 6.07) is 0. The van der Waals surface area contributed by atoms with Crippen LogP contribution in [-0.4, -0.2) is 59.6 Å². The van der Waals surface area contributed by atoms with Gasteiger partial charge in [-0.15, -0.1) is 0 Å². The van der Waals surface area contributed by atoms with Crippen LogP contribution in [-0.2, 0) is 23.7 Å². The number of hydrogen-bond acceptors (Lipinski definition) is 5. The molecular formula is C33H66O5. The Hall–Kier alpha value is -0.200. The van der Waals surface area contributed by atoms with Crippen LogP contribution in [0.2, 0.25) is 0 Å². The molecule has 5 nitrogen and oxygen atoms in total. The zero-order valence-electron chi connectivity index (χ0n) is 25.4. The van der Waals surface area contributed by atoms with Gasteiger partial charge in [0.2, 0.25) is 0 Å². The molecule has 0 bridgehead atoms. The van der Waals surface area contributed by atoms with Crippen LogP contribution in [0.25, 0.3) is 0 Å². The molecule has 0 unspecified atom stereocenters. The lowest BCUT2D eigenvalue weighted by Gasteiger charge is -2.09. The van der Waals surface area contributed by atoms with Gasteiger partial charge in [0.15, 0.2) is 0 Å². The second-order valence-electron chi connectivity index (χ2n) is 11.3. The van der Waals surface area contributed by atoms with E-state index in [0.717, 1.165) is 52.9 Å². The number of hydrogen-bond donors (Lipinski definition) is 0. The highest BCUT2D eigenvalue weighted by Gasteiger charge is 1.98. The molecule has 0 atom stereocenters. The van der Waals surface area contributed by atoms with Crippen LogP contribution >= 0.6 is 0 Å². The molecule has 0 aromatic heterocycles. The van der Waals surface area contributed by atoms with Crippen LogP contribution in [0.1, 0.15) is 154 Å². The lowest BCUT2D eigenvalue weighted by molar-refractivity contribution is 0.0367. The molecule has 0 N–H and O–H groups in total. The minimum Gasteiger partial charge on any atom is -0.381 e. The molecule has 228 valence electrons. The largest absolute Gasteiger partial charge is 0.381 e. The Morgan fingerprint density at radius 3 is 0.474 bits per heavy atom. The maximum absolute atomic E-state index is 5.07. The van der Waals surface area contributed by atoms with Crippen molar-refractivity contribution in [2.45, 2.75) is 154 Å². The van der Waals surface area contributed by atoms with Crippen molar-refractivity contribution in [2.24, 2.45) is 0 Å². The van der Waals surface area contributed by atoms with Gasteiger partial charge in [0.25, 0.3) is 0 Å². The Labute approximate surface area is 237 Å². The van der Waals surface area contributed by atoms with Crippen molar-refractivity contribution in [3.8, 4) is 0 Å². The first kappa shape index (κ1) is 35.8. The molecule has 5 heteroatoms. The number of ether oxygens (including phenoxy) is 5. The zero-order chi connectivity index (χ0) is 26.9. The molecule has 38 heavy (non-hydrogen) atoms. The third-order valence-corrected chi connectivity index (χ3v) is 7.12. The van der Waals surface area contributed by atoms with E-state index in [2.05, 4.69) is 0 Å². The Morgan fingerprint density at radius 1 is 0.158 bits per heavy atom. The Kier molecular flexibility index (Phi) is 31.1. The first-order valence-corrected chi connectivity index (χ1v) is 16.9. The van der Waals surface area contributed by atoms with E-state index in [1.165, 1.54) is 154 Å². The van der Waals surface area contributed by atoms with E-state index in [9.17, 15) is 0 Å². The van der Waals surface area contributed by atoms with E-state index < -0.39 is 0 Å². The maximum atomic E-state index is 5.07. The van der Waals surface area contributed by atoms with Gasteiger partial charge in [0.05, 0.1) is 13.2 Å². The van der Waals surface area contributed by atoms with Gasteiger partial charge in [-0.2, -0.15) is 0 Å². The summed E-state index contributed by atoms with van der Waals surface area (Å²) in [5.41, 5.74) is 0. The van der Waals surface area contributed by atoms with E-state index in [-0.39, 0.29) is 0 Å². The highest BCUT2D eigenvalue weighted by Crippen LogP contribution is 2.16. The van der Waals surface area contributed by atoms with E-state index >= 15 is 0 Å². The summed E-state index contributed by atoms with van der Waals surface area (Å²) in [6.07, 6.45) is 34.8. The predicted octanol–water partition coefficient (Wildman–Crippen LogP) is 9.40. The maximum Gasteiger partial charge on any atom is 0.146 e. The predicted molar refractivity (Wildman–Crippen MR) is 160 cm³/mol. The second kappa shape index (κ2) is 33.0. The van der Waals surface area contributed by atoms with Gasteiger partial charge < -0.3 is 23.7 Å². The molecule has 4 aliphatic heterocycles. The van der Waals surface area contributed by atoms with Crippen LogP contribution in [0, 0.1) is 0 Å². The number of rotatable bonds is 0. The van der Waals surface area contributed by atoms with Gasteiger partial charge in [-0.3, -0.25) is 0 Å². The Balaban J connectivity index is 0.000000219. The molecule has 8 fully saturated rings. The molecule has 4 heterocycles. The molecule has 8 rings (SSSR count). The average molecular weight is 543 g/mol. The SMILES string of the molecule is C1CC1.C1CCC1.C1CCCC1.C1CCCCC1.C1CCOC1.C1CCOCC1.C1COC1.C1COCO1. The van der Waals surface area contributed by atoms with Gasteiger partial charge >= 0.3 is 0 Å². The molecule has 0 radical (unpaired) electrons. The quantitative estimate of drug-likeness (QED) is 0.305. The fourth-order valence-corrected chi connectivity index (χ4v) is 3.83. The Morgan fingerprint density at radius 2 is 0.368 bits per heavy atom. The zero-order valence-corrected chi connectivity index (χ0v) is 25.4. The van der Waals surface area contributed by atoms with E-state index in [1.807, 2.05) is 0 Å². The highest BCUT2D eigenvalue weighted by molar-refractivity contribution is 4.52. The fourth-order valence-electron chi connectivity index (χ4n) is 3.83. The van der Waals surface area contributed by atoms with Gasteiger partial charge in [-0.25, -0.2) is 0 Å². The van der Waals surface area contributed by atoms with Gasteiger partial charge in [-0.05, 0) is 38.5 Å². The van der Waals surface area contributed by atoms with Crippen molar-refractivity contribution in [3.05, 3.63) is 0 Å². The minimum absolute atomic E-state index is 0.500. The molecule has 4 saturated heterocycles. The van der Waals surface area contributed by atoms with E-state index in [4.69, 9.17) is 23.7 Å². The van der Waals surface area contributed by atoms with Crippen molar-refractivity contribution in [3.63, 3.8) is 0 Å². The van der Waals surface area contributed by atoms with Crippen molar-refractivity contribution in [1.82, 2.24) is 0 Å². The molecule has 4 aliphatic carbocycles. The lowest BCUT2D eigenvalue weighted by atomic mass is 10.0. The molecule has 0 amide bonds. The smallest absolute Gasteiger partial charge is 0.146 e. The van der Waals surface area contributed by atoms with Crippen LogP contribution in [0.3, 0.4) is 0 Å². The minimum atomic E-state index is 0.500. The van der Waals surface area contributed by atoms with E-state index in [1.54, 1.807) is 0 Å².